The third kappa shape index (κ3) is 3.61. The SMILES string of the molecule is Cc1nn(C)c(C)c1NC(=O)CN1CCCC[C@@H]1c1nc2ccccc2s1. The second-order valence-electron chi connectivity index (χ2n) is 7.22. The van der Waals surface area contributed by atoms with Crippen LogP contribution < -0.4 is 5.32 Å². The molecule has 3 heterocycles. The van der Waals surface area contributed by atoms with Crippen LogP contribution in [0.4, 0.5) is 5.69 Å². The van der Waals surface area contributed by atoms with E-state index >= 15 is 0 Å². The molecule has 142 valence electrons. The average Bonchev–Trinajstić information content (AvgIpc) is 3.18. The fourth-order valence-corrected chi connectivity index (χ4v) is 4.95. The number of aryl methyl sites for hydroxylation is 2. The highest BCUT2D eigenvalue weighted by molar-refractivity contribution is 7.18. The Balaban J connectivity index is 1.51. The van der Waals surface area contributed by atoms with Crippen molar-refractivity contribution in [2.45, 2.75) is 39.2 Å². The maximum Gasteiger partial charge on any atom is 0.238 e. The van der Waals surface area contributed by atoms with Crippen LogP contribution in [0.15, 0.2) is 24.3 Å². The quantitative estimate of drug-likeness (QED) is 0.744. The van der Waals surface area contributed by atoms with Crippen LogP contribution in [0.5, 0.6) is 0 Å². The summed E-state index contributed by atoms with van der Waals surface area (Å²) in [6.45, 7) is 5.21. The van der Waals surface area contributed by atoms with E-state index in [1.165, 1.54) is 11.1 Å². The van der Waals surface area contributed by atoms with Crippen molar-refractivity contribution >= 4 is 33.1 Å². The maximum atomic E-state index is 12.7. The van der Waals surface area contributed by atoms with Gasteiger partial charge >= 0.3 is 0 Å². The first-order valence-corrected chi connectivity index (χ1v) is 10.2. The summed E-state index contributed by atoms with van der Waals surface area (Å²) in [5.74, 6) is 0.0159. The van der Waals surface area contributed by atoms with Crippen LogP contribution in [0, 0.1) is 13.8 Å². The van der Waals surface area contributed by atoms with Gasteiger partial charge in [-0.2, -0.15) is 5.10 Å². The number of carbonyl (C=O) groups excluding carboxylic acids is 1. The lowest BCUT2D eigenvalue weighted by atomic mass is 10.0. The standard InChI is InChI=1S/C20H25N5OS/c1-13-19(14(2)24(3)23-13)22-18(26)12-25-11-7-6-9-16(25)20-21-15-8-4-5-10-17(15)27-20/h4-5,8,10,16H,6-7,9,11-12H2,1-3H3,(H,22,26)/t16-/m1/s1. The highest BCUT2D eigenvalue weighted by atomic mass is 32.1. The van der Waals surface area contributed by atoms with Crippen molar-refractivity contribution in [2.24, 2.45) is 7.05 Å². The molecule has 1 N–H and O–H groups in total. The third-order valence-electron chi connectivity index (χ3n) is 5.33. The summed E-state index contributed by atoms with van der Waals surface area (Å²) in [7, 11) is 1.89. The minimum atomic E-state index is 0.0159. The number of thiazole rings is 1. The van der Waals surface area contributed by atoms with E-state index in [1.807, 2.05) is 27.0 Å². The molecule has 1 aliphatic rings. The number of aromatic nitrogens is 3. The van der Waals surface area contributed by atoms with Crippen molar-refractivity contribution in [3.05, 3.63) is 40.7 Å². The molecule has 1 saturated heterocycles. The Labute approximate surface area is 163 Å². The minimum absolute atomic E-state index is 0.0159. The zero-order valence-corrected chi connectivity index (χ0v) is 16.8. The van der Waals surface area contributed by atoms with Crippen molar-refractivity contribution in [3.63, 3.8) is 0 Å². The number of likely N-dealkylation sites (tertiary alicyclic amines) is 1. The Morgan fingerprint density at radius 3 is 2.85 bits per heavy atom. The lowest BCUT2D eigenvalue weighted by Crippen LogP contribution is -2.39. The van der Waals surface area contributed by atoms with Gasteiger partial charge in [-0.3, -0.25) is 14.4 Å². The maximum absolute atomic E-state index is 12.7. The summed E-state index contributed by atoms with van der Waals surface area (Å²) in [6, 6.07) is 8.47. The topological polar surface area (TPSA) is 63.1 Å². The van der Waals surface area contributed by atoms with Crippen LogP contribution in [0.1, 0.15) is 41.7 Å². The molecule has 0 spiro atoms. The molecule has 27 heavy (non-hydrogen) atoms. The lowest BCUT2D eigenvalue weighted by molar-refractivity contribution is -0.118. The van der Waals surface area contributed by atoms with E-state index in [2.05, 4.69) is 33.5 Å². The monoisotopic (exact) mass is 383 g/mol. The number of hydrogen-bond acceptors (Lipinski definition) is 5. The highest BCUT2D eigenvalue weighted by Crippen LogP contribution is 2.35. The molecule has 7 heteroatoms. The summed E-state index contributed by atoms with van der Waals surface area (Å²) < 4.78 is 3.01. The van der Waals surface area contributed by atoms with Crippen molar-refractivity contribution in [1.82, 2.24) is 19.7 Å². The molecule has 4 rings (SSSR count). The van der Waals surface area contributed by atoms with Crippen LogP contribution in [0.25, 0.3) is 10.2 Å². The van der Waals surface area contributed by atoms with Gasteiger partial charge in [0, 0.05) is 7.05 Å². The van der Waals surface area contributed by atoms with E-state index in [-0.39, 0.29) is 11.9 Å². The number of anilines is 1. The van der Waals surface area contributed by atoms with Crippen LogP contribution in [0.3, 0.4) is 0 Å². The Morgan fingerprint density at radius 2 is 2.11 bits per heavy atom. The summed E-state index contributed by atoms with van der Waals surface area (Å²) in [5.41, 5.74) is 3.71. The Bertz CT molecular complexity index is 943. The number of nitrogens with one attached hydrogen (secondary N) is 1. The van der Waals surface area contributed by atoms with Crippen LogP contribution in [0.2, 0.25) is 0 Å². The predicted octanol–water partition coefficient (Wildman–Crippen LogP) is 3.81. The molecule has 2 aromatic heterocycles. The molecule has 0 bridgehead atoms. The molecule has 1 aliphatic heterocycles. The first-order chi connectivity index (χ1) is 13.0. The number of piperidine rings is 1. The van der Waals surface area contributed by atoms with Crippen LogP contribution in [-0.2, 0) is 11.8 Å². The lowest BCUT2D eigenvalue weighted by Gasteiger charge is -2.33. The Kier molecular flexibility index (Phi) is 4.97. The second-order valence-corrected chi connectivity index (χ2v) is 8.28. The molecule has 6 nitrogen and oxygen atoms in total. The van der Waals surface area contributed by atoms with Crippen molar-refractivity contribution in [2.75, 3.05) is 18.4 Å². The number of nitrogens with zero attached hydrogens (tertiary/aromatic N) is 4. The van der Waals surface area contributed by atoms with Crippen LogP contribution in [-0.4, -0.2) is 38.7 Å². The van der Waals surface area contributed by atoms with Gasteiger partial charge < -0.3 is 5.32 Å². The van der Waals surface area contributed by atoms with E-state index in [9.17, 15) is 4.79 Å². The molecule has 0 unspecified atom stereocenters. The molecule has 3 aromatic rings. The number of carbonyl (C=O) groups is 1. The number of amides is 1. The van der Waals surface area contributed by atoms with E-state index < -0.39 is 0 Å². The minimum Gasteiger partial charge on any atom is -0.322 e. The van der Waals surface area contributed by atoms with E-state index in [0.717, 1.165) is 47.0 Å². The fraction of sp³-hybridized carbons (Fsp3) is 0.450. The fourth-order valence-electron chi connectivity index (χ4n) is 3.81. The number of rotatable bonds is 4. The number of fused-ring (bicyclic) bond motifs is 1. The molecule has 1 atom stereocenters. The molecule has 0 saturated carbocycles. The number of benzene rings is 1. The molecule has 0 radical (unpaired) electrons. The van der Waals surface area contributed by atoms with E-state index in [0.29, 0.717) is 6.54 Å². The van der Waals surface area contributed by atoms with Gasteiger partial charge in [0.2, 0.25) is 5.91 Å². The Hall–Kier alpha value is -2.25. The summed E-state index contributed by atoms with van der Waals surface area (Å²) in [6.07, 6.45) is 3.36. The third-order valence-corrected chi connectivity index (χ3v) is 6.47. The van der Waals surface area contributed by atoms with Gasteiger partial charge in [-0.25, -0.2) is 4.98 Å². The first-order valence-electron chi connectivity index (χ1n) is 9.42. The highest BCUT2D eigenvalue weighted by Gasteiger charge is 2.28. The zero-order valence-electron chi connectivity index (χ0n) is 16.0. The van der Waals surface area contributed by atoms with Crippen molar-refractivity contribution in [1.29, 1.82) is 0 Å². The predicted molar refractivity (Wildman–Crippen MR) is 109 cm³/mol. The molecule has 0 aliphatic carbocycles. The van der Waals surface area contributed by atoms with E-state index in [1.54, 1.807) is 16.0 Å². The van der Waals surface area contributed by atoms with Crippen molar-refractivity contribution in [3.8, 4) is 0 Å². The van der Waals surface area contributed by atoms with Gasteiger partial charge in [0.15, 0.2) is 0 Å². The molecule has 1 fully saturated rings. The largest absolute Gasteiger partial charge is 0.322 e. The van der Waals surface area contributed by atoms with Gasteiger partial charge in [-0.1, -0.05) is 18.6 Å². The smallest absolute Gasteiger partial charge is 0.238 e. The van der Waals surface area contributed by atoms with E-state index in [4.69, 9.17) is 4.98 Å². The normalized spacial score (nSPS) is 18.1. The number of hydrogen-bond donors (Lipinski definition) is 1. The van der Waals surface area contributed by atoms with Gasteiger partial charge in [-0.05, 0) is 45.4 Å². The molecular weight excluding hydrogens is 358 g/mol. The average molecular weight is 384 g/mol. The van der Waals surface area contributed by atoms with Crippen LogP contribution >= 0.6 is 11.3 Å². The van der Waals surface area contributed by atoms with Gasteiger partial charge in [0.25, 0.3) is 0 Å². The van der Waals surface area contributed by atoms with Gasteiger partial charge in [0.05, 0.1) is 39.9 Å². The second kappa shape index (κ2) is 7.40. The Morgan fingerprint density at radius 1 is 1.30 bits per heavy atom. The zero-order chi connectivity index (χ0) is 19.0. The summed E-state index contributed by atoms with van der Waals surface area (Å²) in [4.78, 5) is 19.9. The summed E-state index contributed by atoms with van der Waals surface area (Å²) in [5, 5.41) is 8.56. The number of para-hydroxylation sites is 1. The van der Waals surface area contributed by atoms with Crippen molar-refractivity contribution < 1.29 is 4.79 Å². The molecular formula is C20H25N5OS. The summed E-state index contributed by atoms with van der Waals surface area (Å²) >= 11 is 1.75. The molecule has 1 amide bonds. The molecule has 1 aromatic carbocycles. The van der Waals surface area contributed by atoms with Gasteiger partial charge in [0.1, 0.15) is 5.01 Å². The van der Waals surface area contributed by atoms with Gasteiger partial charge in [-0.15, -0.1) is 11.3 Å². The first kappa shape index (κ1) is 18.1.